The van der Waals surface area contributed by atoms with Crippen LogP contribution in [0.1, 0.15) is 56.4 Å². The number of carbonyl (C=O) groups is 2. The summed E-state index contributed by atoms with van der Waals surface area (Å²) in [6.07, 6.45) is 2.64. The molecule has 0 radical (unpaired) electrons. The standard InChI is InChI=1S/C19H20O4S/c1-11-17(18(22)12-3-7-14(23-2)8-4-12)15-9-5-13(19(15)24-11)6-10-16(20)21/h3-4,7-8,13H,5-6,9-10H2,1-2H3,(H,20,21). The van der Waals surface area contributed by atoms with Crippen LogP contribution in [0.3, 0.4) is 0 Å². The molecule has 1 aliphatic rings. The third-order valence-electron chi connectivity index (χ3n) is 4.61. The first kappa shape index (κ1) is 16.7. The Morgan fingerprint density at radius 3 is 2.62 bits per heavy atom. The molecule has 1 N–H and O–H groups in total. The molecule has 0 saturated heterocycles. The molecular weight excluding hydrogens is 324 g/mol. The van der Waals surface area contributed by atoms with E-state index in [9.17, 15) is 9.59 Å². The van der Waals surface area contributed by atoms with Crippen molar-refractivity contribution in [3.63, 3.8) is 0 Å². The molecule has 24 heavy (non-hydrogen) atoms. The van der Waals surface area contributed by atoms with E-state index in [-0.39, 0.29) is 18.1 Å². The van der Waals surface area contributed by atoms with Crippen molar-refractivity contribution in [3.05, 3.63) is 50.7 Å². The Morgan fingerprint density at radius 2 is 2.00 bits per heavy atom. The van der Waals surface area contributed by atoms with Gasteiger partial charge in [0, 0.05) is 27.3 Å². The molecule has 126 valence electrons. The number of hydrogen-bond donors (Lipinski definition) is 1. The summed E-state index contributed by atoms with van der Waals surface area (Å²) in [7, 11) is 1.60. The third-order valence-corrected chi connectivity index (χ3v) is 5.92. The third kappa shape index (κ3) is 3.08. The molecular formula is C19H20O4S. The highest BCUT2D eigenvalue weighted by Gasteiger charge is 2.31. The van der Waals surface area contributed by atoms with E-state index < -0.39 is 5.97 Å². The zero-order valence-corrected chi connectivity index (χ0v) is 14.6. The molecule has 0 fully saturated rings. The van der Waals surface area contributed by atoms with Crippen molar-refractivity contribution >= 4 is 23.1 Å². The molecule has 0 bridgehead atoms. The van der Waals surface area contributed by atoms with Gasteiger partial charge in [-0.05, 0) is 61.9 Å². The van der Waals surface area contributed by atoms with E-state index in [1.807, 2.05) is 6.92 Å². The average molecular weight is 344 g/mol. The number of benzene rings is 1. The summed E-state index contributed by atoms with van der Waals surface area (Å²) in [6.45, 7) is 1.98. The predicted molar refractivity (Wildman–Crippen MR) is 93.4 cm³/mol. The lowest BCUT2D eigenvalue weighted by atomic mass is 9.98. The maximum absolute atomic E-state index is 12.9. The van der Waals surface area contributed by atoms with Gasteiger partial charge in [0.1, 0.15) is 5.75 Å². The Labute approximate surface area is 145 Å². The lowest BCUT2D eigenvalue weighted by Gasteiger charge is -2.06. The van der Waals surface area contributed by atoms with Gasteiger partial charge in [0.2, 0.25) is 0 Å². The van der Waals surface area contributed by atoms with Gasteiger partial charge in [-0.2, -0.15) is 0 Å². The fourth-order valence-electron chi connectivity index (χ4n) is 3.40. The summed E-state index contributed by atoms with van der Waals surface area (Å²) in [5.41, 5.74) is 2.61. The number of carboxylic acids is 1. The Hall–Kier alpha value is -2.14. The fraction of sp³-hybridized carbons (Fsp3) is 0.368. The SMILES string of the molecule is COc1ccc(C(=O)c2c(C)sc3c2CCC3CCC(=O)O)cc1. The number of fused-ring (bicyclic) bond motifs is 1. The van der Waals surface area contributed by atoms with Crippen LogP contribution in [-0.4, -0.2) is 24.0 Å². The van der Waals surface area contributed by atoms with E-state index in [1.54, 1.807) is 42.7 Å². The molecule has 3 rings (SSSR count). The maximum atomic E-state index is 12.9. The molecule has 5 heteroatoms. The number of ketones is 1. The van der Waals surface area contributed by atoms with E-state index in [1.165, 1.54) is 4.88 Å². The van der Waals surface area contributed by atoms with Gasteiger partial charge < -0.3 is 9.84 Å². The van der Waals surface area contributed by atoms with Crippen LogP contribution in [0.25, 0.3) is 0 Å². The molecule has 0 saturated carbocycles. The summed E-state index contributed by atoms with van der Waals surface area (Å²) in [5.74, 6) is 0.294. The first-order chi connectivity index (χ1) is 11.5. The summed E-state index contributed by atoms with van der Waals surface area (Å²) in [6, 6.07) is 7.18. The smallest absolute Gasteiger partial charge is 0.303 e. The van der Waals surface area contributed by atoms with Gasteiger partial charge in [-0.25, -0.2) is 0 Å². The van der Waals surface area contributed by atoms with E-state index in [2.05, 4.69) is 0 Å². The van der Waals surface area contributed by atoms with Gasteiger partial charge in [0.05, 0.1) is 7.11 Å². The van der Waals surface area contributed by atoms with Crippen molar-refractivity contribution in [1.29, 1.82) is 0 Å². The topological polar surface area (TPSA) is 63.6 Å². The quantitative estimate of drug-likeness (QED) is 0.798. The molecule has 0 spiro atoms. The number of carboxylic acid groups (broad SMARTS) is 1. The van der Waals surface area contributed by atoms with Crippen molar-refractivity contribution < 1.29 is 19.4 Å². The van der Waals surface area contributed by atoms with E-state index in [0.29, 0.717) is 12.0 Å². The largest absolute Gasteiger partial charge is 0.497 e. The molecule has 1 atom stereocenters. The number of aryl methyl sites for hydroxylation is 1. The minimum absolute atomic E-state index is 0.0477. The fourth-order valence-corrected chi connectivity index (χ4v) is 4.78. The van der Waals surface area contributed by atoms with Crippen molar-refractivity contribution in [2.24, 2.45) is 0 Å². The van der Waals surface area contributed by atoms with Crippen LogP contribution < -0.4 is 4.74 Å². The number of carbonyl (C=O) groups excluding carboxylic acids is 1. The van der Waals surface area contributed by atoms with Crippen LogP contribution in [0.2, 0.25) is 0 Å². The monoisotopic (exact) mass is 344 g/mol. The Bertz CT molecular complexity index is 773. The number of aliphatic carboxylic acids is 1. The number of ether oxygens (including phenoxy) is 1. The van der Waals surface area contributed by atoms with E-state index in [4.69, 9.17) is 9.84 Å². The molecule has 1 aromatic carbocycles. The molecule has 2 aromatic rings. The van der Waals surface area contributed by atoms with Crippen molar-refractivity contribution in [2.75, 3.05) is 7.11 Å². The van der Waals surface area contributed by atoms with Crippen molar-refractivity contribution in [1.82, 2.24) is 0 Å². The van der Waals surface area contributed by atoms with Crippen LogP contribution in [0.4, 0.5) is 0 Å². The van der Waals surface area contributed by atoms with Crippen LogP contribution in [-0.2, 0) is 11.2 Å². The lowest BCUT2D eigenvalue weighted by molar-refractivity contribution is -0.137. The Balaban J connectivity index is 1.88. The number of hydrogen-bond acceptors (Lipinski definition) is 4. The molecule has 0 amide bonds. The number of rotatable bonds is 6. The van der Waals surface area contributed by atoms with E-state index in [0.717, 1.165) is 34.6 Å². The average Bonchev–Trinajstić information content (AvgIpc) is 3.10. The molecule has 1 aliphatic carbocycles. The lowest BCUT2D eigenvalue weighted by Crippen LogP contribution is -2.04. The molecule has 1 aromatic heterocycles. The van der Waals surface area contributed by atoms with Crippen molar-refractivity contribution in [3.8, 4) is 5.75 Å². The second kappa shape index (κ2) is 6.77. The van der Waals surface area contributed by atoms with Crippen LogP contribution in [0, 0.1) is 6.92 Å². The van der Waals surface area contributed by atoms with Crippen LogP contribution in [0.5, 0.6) is 5.75 Å². The van der Waals surface area contributed by atoms with Gasteiger partial charge in [0.25, 0.3) is 0 Å². The zero-order valence-electron chi connectivity index (χ0n) is 13.8. The predicted octanol–water partition coefficient (Wildman–Crippen LogP) is 4.19. The summed E-state index contributed by atoms with van der Waals surface area (Å²) >= 11 is 1.66. The molecule has 1 unspecified atom stereocenters. The highest BCUT2D eigenvalue weighted by Crippen LogP contribution is 2.44. The number of thiophene rings is 1. The van der Waals surface area contributed by atoms with Gasteiger partial charge in [-0.1, -0.05) is 0 Å². The summed E-state index contributed by atoms with van der Waals surface area (Å²) < 4.78 is 5.14. The first-order valence-corrected chi connectivity index (χ1v) is 8.85. The minimum atomic E-state index is -0.758. The van der Waals surface area contributed by atoms with Crippen LogP contribution >= 0.6 is 11.3 Å². The Morgan fingerprint density at radius 1 is 1.29 bits per heavy atom. The first-order valence-electron chi connectivity index (χ1n) is 8.04. The van der Waals surface area contributed by atoms with Crippen molar-refractivity contribution in [2.45, 2.75) is 38.5 Å². The normalized spacial score (nSPS) is 16.0. The van der Waals surface area contributed by atoms with Gasteiger partial charge >= 0.3 is 5.97 Å². The van der Waals surface area contributed by atoms with Gasteiger partial charge in [-0.3, -0.25) is 9.59 Å². The highest BCUT2D eigenvalue weighted by molar-refractivity contribution is 7.12. The Kier molecular flexibility index (Phi) is 4.71. The van der Waals surface area contributed by atoms with Crippen LogP contribution in [0.15, 0.2) is 24.3 Å². The van der Waals surface area contributed by atoms with E-state index >= 15 is 0 Å². The summed E-state index contributed by atoms with van der Waals surface area (Å²) in [5, 5.41) is 8.90. The molecule has 4 nitrogen and oxygen atoms in total. The number of methoxy groups -OCH3 is 1. The molecule has 1 heterocycles. The summed E-state index contributed by atoms with van der Waals surface area (Å²) in [4.78, 5) is 26.0. The van der Waals surface area contributed by atoms with Gasteiger partial charge in [-0.15, -0.1) is 11.3 Å². The minimum Gasteiger partial charge on any atom is -0.497 e. The second-order valence-electron chi connectivity index (χ2n) is 6.10. The maximum Gasteiger partial charge on any atom is 0.303 e. The highest BCUT2D eigenvalue weighted by atomic mass is 32.1. The molecule has 0 aliphatic heterocycles. The van der Waals surface area contributed by atoms with Gasteiger partial charge in [0.15, 0.2) is 5.78 Å². The second-order valence-corrected chi connectivity index (χ2v) is 7.36. The zero-order chi connectivity index (χ0) is 17.3.